The first kappa shape index (κ1) is 17.9. The Morgan fingerprint density at radius 3 is 2.30 bits per heavy atom. The number of phenolic OH excluding ortho intramolecular Hbond substituents is 1. The number of H-pyrrole nitrogens is 1. The van der Waals surface area contributed by atoms with Crippen LogP contribution in [0.4, 0.5) is 24.5 Å². The van der Waals surface area contributed by atoms with Gasteiger partial charge in [-0.05, 0) is 12.1 Å². The molecule has 2 N–H and O–H groups in total. The summed E-state index contributed by atoms with van der Waals surface area (Å²) in [4.78, 5) is 34.1. The van der Waals surface area contributed by atoms with Crippen molar-refractivity contribution in [1.29, 1.82) is 0 Å². The summed E-state index contributed by atoms with van der Waals surface area (Å²) in [6.07, 6.45) is -5.05. The number of nitrogens with one attached hydrogen (secondary N) is 1. The van der Waals surface area contributed by atoms with Gasteiger partial charge in [-0.3, -0.25) is 24.8 Å². The lowest BCUT2D eigenvalue weighted by atomic mass is 10.1. The number of nitrogens with zero attached hydrogens (tertiary/aromatic N) is 3. The normalized spacial score (nSPS) is 11.7. The number of fused-ring (bicyclic) bond motifs is 1. The molecule has 0 spiro atoms. The van der Waals surface area contributed by atoms with Crippen LogP contribution in [0.2, 0.25) is 0 Å². The number of hydrogen-bond donors (Lipinski definition) is 2. The molecule has 0 aliphatic carbocycles. The van der Waals surface area contributed by atoms with Crippen LogP contribution >= 0.6 is 0 Å². The standard InChI is InChI=1S/C14H7F3N4O6/c15-14(16,17)7-4-8-10(5-9(7)21(26)27)19(13(23)18-8)11-3-6(20(24)25)1-2-12(11)22/h1-5,22H,(H,18,23). The summed E-state index contributed by atoms with van der Waals surface area (Å²) in [5.74, 6) is -0.592. The fraction of sp³-hybridized carbons (Fsp3) is 0.0714. The maximum absolute atomic E-state index is 13.1. The molecule has 3 aromatic rings. The lowest BCUT2D eigenvalue weighted by molar-refractivity contribution is -0.387. The Labute approximate surface area is 145 Å². The molecule has 0 atom stereocenters. The molecule has 1 heterocycles. The zero-order valence-corrected chi connectivity index (χ0v) is 12.9. The second-order valence-corrected chi connectivity index (χ2v) is 5.34. The van der Waals surface area contributed by atoms with E-state index in [0.29, 0.717) is 16.7 Å². The number of nitro groups is 2. The molecule has 0 aliphatic rings. The molecule has 0 saturated heterocycles. The van der Waals surface area contributed by atoms with E-state index in [0.717, 1.165) is 18.2 Å². The van der Waals surface area contributed by atoms with Gasteiger partial charge >= 0.3 is 11.9 Å². The SMILES string of the molecule is O=c1[nH]c2cc(C(F)(F)F)c([N+](=O)[O-])cc2n1-c1cc([N+](=O)[O-])ccc1O. The molecule has 140 valence electrons. The van der Waals surface area contributed by atoms with E-state index < -0.39 is 55.6 Å². The van der Waals surface area contributed by atoms with E-state index in [1.54, 1.807) is 0 Å². The maximum Gasteiger partial charge on any atom is 0.423 e. The molecule has 27 heavy (non-hydrogen) atoms. The predicted molar refractivity (Wildman–Crippen MR) is 83.9 cm³/mol. The van der Waals surface area contributed by atoms with Gasteiger partial charge in [-0.15, -0.1) is 0 Å². The smallest absolute Gasteiger partial charge is 0.423 e. The predicted octanol–water partition coefficient (Wildman–Crippen LogP) is 2.86. The van der Waals surface area contributed by atoms with Crippen LogP contribution in [0.1, 0.15) is 5.56 Å². The number of aromatic amines is 1. The lowest BCUT2D eigenvalue weighted by Crippen LogP contribution is -2.15. The average Bonchev–Trinajstić information content (AvgIpc) is 2.88. The molecule has 13 heteroatoms. The second-order valence-electron chi connectivity index (χ2n) is 5.34. The van der Waals surface area contributed by atoms with Gasteiger partial charge in [-0.2, -0.15) is 13.2 Å². The molecule has 0 radical (unpaired) electrons. The number of rotatable bonds is 3. The van der Waals surface area contributed by atoms with Gasteiger partial charge < -0.3 is 10.1 Å². The van der Waals surface area contributed by atoms with Crippen LogP contribution in [-0.2, 0) is 6.18 Å². The fourth-order valence-electron chi connectivity index (χ4n) is 2.56. The topological polar surface area (TPSA) is 144 Å². The second kappa shape index (κ2) is 5.82. The molecular weight excluding hydrogens is 377 g/mol. The van der Waals surface area contributed by atoms with Crippen molar-refractivity contribution < 1.29 is 28.1 Å². The van der Waals surface area contributed by atoms with Crippen molar-refractivity contribution in [2.75, 3.05) is 0 Å². The number of halogens is 3. The molecule has 0 saturated carbocycles. The Morgan fingerprint density at radius 1 is 1.07 bits per heavy atom. The zero-order chi connectivity index (χ0) is 20.1. The van der Waals surface area contributed by atoms with Gasteiger partial charge in [0.2, 0.25) is 0 Å². The van der Waals surface area contributed by atoms with Crippen LogP contribution in [0.3, 0.4) is 0 Å². The first-order chi connectivity index (χ1) is 12.5. The van der Waals surface area contributed by atoms with E-state index in [2.05, 4.69) is 4.98 Å². The Hall–Kier alpha value is -3.90. The lowest BCUT2D eigenvalue weighted by Gasteiger charge is -2.09. The zero-order valence-electron chi connectivity index (χ0n) is 12.9. The Kier molecular flexibility index (Phi) is 3.86. The first-order valence-electron chi connectivity index (χ1n) is 6.99. The third-order valence-corrected chi connectivity index (χ3v) is 3.71. The highest BCUT2D eigenvalue weighted by Crippen LogP contribution is 2.39. The third-order valence-electron chi connectivity index (χ3n) is 3.71. The Bertz CT molecular complexity index is 1160. The molecular formula is C14H7F3N4O6. The van der Waals surface area contributed by atoms with Crippen molar-refractivity contribution >= 4 is 22.4 Å². The van der Waals surface area contributed by atoms with Gasteiger partial charge in [0.15, 0.2) is 0 Å². The summed E-state index contributed by atoms with van der Waals surface area (Å²) < 4.78 is 39.8. The van der Waals surface area contributed by atoms with Crippen LogP contribution in [0, 0.1) is 20.2 Å². The van der Waals surface area contributed by atoms with Crippen molar-refractivity contribution in [3.63, 3.8) is 0 Å². The van der Waals surface area contributed by atoms with Crippen LogP contribution in [-0.4, -0.2) is 24.5 Å². The Morgan fingerprint density at radius 2 is 1.74 bits per heavy atom. The van der Waals surface area contributed by atoms with E-state index in [1.807, 2.05) is 0 Å². The monoisotopic (exact) mass is 384 g/mol. The number of alkyl halides is 3. The van der Waals surface area contributed by atoms with Crippen molar-refractivity contribution in [3.8, 4) is 11.4 Å². The fourth-order valence-corrected chi connectivity index (χ4v) is 2.56. The van der Waals surface area contributed by atoms with E-state index in [1.165, 1.54) is 0 Å². The largest absolute Gasteiger partial charge is 0.506 e. The van der Waals surface area contributed by atoms with Crippen LogP contribution in [0.25, 0.3) is 16.7 Å². The van der Waals surface area contributed by atoms with Gasteiger partial charge in [0.05, 0.1) is 26.6 Å². The van der Waals surface area contributed by atoms with E-state index in [4.69, 9.17) is 0 Å². The van der Waals surface area contributed by atoms with Crippen LogP contribution in [0.5, 0.6) is 5.75 Å². The molecule has 0 amide bonds. The van der Waals surface area contributed by atoms with Crippen LogP contribution in [0.15, 0.2) is 35.1 Å². The number of hydrogen-bond acceptors (Lipinski definition) is 6. The van der Waals surface area contributed by atoms with Crippen molar-refractivity contribution in [1.82, 2.24) is 9.55 Å². The minimum absolute atomic E-state index is 0.365. The number of benzene rings is 2. The highest BCUT2D eigenvalue weighted by molar-refractivity contribution is 5.82. The van der Waals surface area contributed by atoms with Gasteiger partial charge in [0.1, 0.15) is 11.3 Å². The maximum atomic E-state index is 13.1. The quantitative estimate of drug-likeness (QED) is 0.525. The van der Waals surface area contributed by atoms with E-state index in [-0.39, 0.29) is 5.52 Å². The number of non-ortho nitro benzene ring substituents is 1. The third kappa shape index (κ3) is 2.94. The molecule has 0 unspecified atom stereocenters. The summed E-state index contributed by atoms with van der Waals surface area (Å²) in [7, 11) is 0. The number of aromatic hydroxyl groups is 1. The summed E-state index contributed by atoms with van der Waals surface area (Å²) in [6, 6.07) is 3.57. The molecule has 3 rings (SSSR count). The molecule has 0 bridgehead atoms. The number of nitro benzene ring substituents is 2. The molecule has 0 fully saturated rings. The average molecular weight is 384 g/mol. The molecule has 2 aromatic carbocycles. The van der Waals surface area contributed by atoms with Gasteiger partial charge in [0, 0.05) is 18.2 Å². The molecule has 1 aromatic heterocycles. The first-order valence-corrected chi connectivity index (χ1v) is 6.99. The number of aromatic nitrogens is 2. The van der Waals surface area contributed by atoms with Crippen molar-refractivity contribution in [2.24, 2.45) is 0 Å². The minimum atomic E-state index is -5.05. The highest BCUT2D eigenvalue weighted by Gasteiger charge is 2.39. The number of imidazole rings is 1. The highest BCUT2D eigenvalue weighted by atomic mass is 19.4. The molecule has 10 nitrogen and oxygen atoms in total. The van der Waals surface area contributed by atoms with E-state index in [9.17, 15) is 43.3 Å². The number of phenols is 1. The molecule has 0 aliphatic heterocycles. The van der Waals surface area contributed by atoms with Gasteiger partial charge in [-0.1, -0.05) is 0 Å². The summed E-state index contributed by atoms with van der Waals surface area (Å²) in [5.41, 5.74) is -5.63. The van der Waals surface area contributed by atoms with Gasteiger partial charge in [0.25, 0.3) is 11.4 Å². The van der Waals surface area contributed by atoms with Crippen molar-refractivity contribution in [2.45, 2.75) is 6.18 Å². The summed E-state index contributed by atoms with van der Waals surface area (Å²) >= 11 is 0. The minimum Gasteiger partial charge on any atom is -0.506 e. The van der Waals surface area contributed by atoms with Crippen LogP contribution < -0.4 is 5.69 Å². The van der Waals surface area contributed by atoms with E-state index >= 15 is 0 Å². The van der Waals surface area contributed by atoms with Gasteiger partial charge in [-0.25, -0.2) is 4.79 Å². The van der Waals surface area contributed by atoms with Crippen molar-refractivity contribution in [3.05, 3.63) is 66.6 Å². The summed E-state index contributed by atoms with van der Waals surface area (Å²) in [5, 5.41) is 31.9. The Balaban J connectivity index is 2.40. The summed E-state index contributed by atoms with van der Waals surface area (Å²) in [6.45, 7) is 0.